The highest BCUT2D eigenvalue weighted by molar-refractivity contribution is 5.98. The van der Waals surface area contributed by atoms with Crippen LogP contribution in [0.1, 0.15) is 32.1 Å². The number of halogens is 2. The Morgan fingerprint density at radius 3 is 2.68 bits per heavy atom. The highest BCUT2D eigenvalue weighted by Crippen LogP contribution is 2.36. The van der Waals surface area contributed by atoms with Crippen LogP contribution in [0.15, 0.2) is 67.1 Å². The molecule has 41 heavy (non-hydrogen) atoms. The number of aliphatic hydroxyl groups is 1. The normalized spacial score (nSPS) is 15.0. The van der Waals surface area contributed by atoms with Crippen molar-refractivity contribution in [1.82, 2.24) is 30.1 Å². The lowest BCUT2D eigenvalue weighted by molar-refractivity contribution is 0.109. The highest BCUT2D eigenvalue weighted by Gasteiger charge is 2.23. The zero-order valence-corrected chi connectivity index (χ0v) is 22.0. The van der Waals surface area contributed by atoms with Crippen LogP contribution in [-0.2, 0) is 0 Å². The fourth-order valence-electron chi connectivity index (χ4n) is 5.79. The molecule has 0 amide bonds. The lowest BCUT2D eigenvalue weighted by Gasteiger charge is -2.27. The lowest BCUT2D eigenvalue weighted by Crippen LogP contribution is -2.30. The second kappa shape index (κ2) is 10.4. The summed E-state index contributed by atoms with van der Waals surface area (Å²) in [6.45, 7) is 0. The average Bonchev–Trinajstić information content (AvgIpc) is 3.63. The van der Waals surface area contributed by atoms with Gasteiger partial charge in [0.25, 0.3) is 0 Å². The number of nitrogens with one attached hydrogen (secondary N) is 3. The molecular weight excluding hydrogens is 524 g/mol. The molecule has 1 fully saturated rings. The van der Waals surface area contributed by atoms with E-state index in [-0.39, 0.29) is 17.1 Å². The third-order valence-electron chi connectivity index (χ3n) is 7.88. The van der Waals surface area contributed by atoms with E-state index in [1.54, 1.807) is 55.0 Å². The molecule has 0 aliphatic heterocycles. The summed E-state index contributed by atoms with van der Waals surface area (Å²) in [5.74, 6) is -0.300. The van der Waals surface area contributed by atoms with Crippen molar-refractivity contribution in [3.63, 3.8) is 0 Å². The first kappa shape index (κ1) is 25.3. The quantitative estimate of drug-likeness (QED) is 0.169. The van der Waals surface area contributed by atoms with Crippen molar-refractivity contribution < 1.29 is 13.9 Å². The summed E-state index contributed by atoms with van der Waals surface area (Å²) in [6.07, 6.45) is 9.56. The number of hydrogen-bond acceptors (Lipinski definition) is 6. The molecule has 1 saturated carbocycles. The van der Waals surface area contributed by atoms with Gasteiger partial charge in [-0.2, -0.15) is 5.10 Å². The Labute approximate surface area is 233 Å². The molecule has 6 aromatic rings. The molecule has 0 radical (unpaired) electrons. The van der Waals surface area contributed by atoms with Gasteiger partial charge in [0.2, 0.25) is 0 Å². The van der Waals surface area contributed by atoms with E-state index in [9.17, 15) is 9.50 Å². The first-order valence-corrected chi connectivity index (χ1v) is 13.7. The van der Waals surface area contributed by atoms with Gasteiger partial charge in [0.15, 0.2) is 11.5 Å². The van der Waals surface area contributed by atoms with Crippen LogP contribution in [0.25, 0.3) is 55.8 Å². The molecule has 4 heterocycles. The highest BCUT2D eigenvalue weighted by atomic mass is 19.1. The molecule has 0 spiro atoms. The number of benzene rings is 2. The summed E-state index contributed by atoms with van der Waals surface area (Å²) in [4.78, 5) is 16.5. The lowest BCUT2D eigenvalue weighted by atomic mass is 9.88. The largest absolute Gasteiger partial charge is 0.374 e. The van der Waals surface area contributed by atoms with E-state index in [4.69, 9.17) is 0 Å². The summed E-state index contributed by atoms with van der Waals surface area (Å²) >= 11 is 0. The molecule has 10 heteroatoms. The van der Waals surface area contributed by atoms with Gasteiger partial charge in [-0.05, 0) is 54.8 Å². The van der Waals surface area contributed by atoms with Crippen LogP contribution in [0.4, 0.5) is 14.5 Å². The van der Waals surface area contributed by atoms with Crippen LogP contribution in [0, 0.1) is 17.6 Å². The Hall–Kier alpha value is -4.70. The summed E-state index contributed by atoms with van der Waals surface area (Å²) < 4.78 is 30.1. The standard InChI is InChI=1S/C31H27F2N7O/c32-20-8-4-7-18(13-20)23-11-12-35-29-27(23)37-30(38-29)28-25-24(39-40-28)10-9-22(26(25)33)19-14-21(16-34-15-19)36-31(41)17-5-2-1-3-6-17/h4,7-17,31,36,41H,1-3,5-6H2,(H,39,40)(H,35,37,38). The summed E-state index contributed by atoms with van der Waals surface area (Å²) in [6, 6.07) is 13.3. The number of nitrogens with zero attached hydrogens (tertiary/aromatic N) is 4. The predicted molar refractivity (Wildman–Crippen MR) is 154 cm³/mol. The number of aromatic amines is 2. The monoisotopic (exact) mass is 551 g/mol. The van der Waals surface area contributed by atoms with Gasteiger partial charge >= 0.3 is 0 Å². The number of rotatable bonds is 6. The van der Waals surface area contributed by atoms with Crippen molar-refractivity contribution in [3.8, 4) is 33.8 Å². The first-order valence-electron chi connectivity index (χ1n) is 13.7. The number of fused-ring (bicyclic) bond motifs is 2. The predicted octanol–water partition coefficient (Wildman–Crippen LogP) is 6.82. The summed E-state index contributed by atoms with van der Waals surface area (Å²) in [5.41, 5.74) is 4.75. The Bertz CT molecular complexity index is 1880. The molecule has 2 aromatic carbocycles. The minimum atomic E-state index is -0.681. The van der Waals surface area contributed by atoms with Crippen molar-refractivity contribution in [2.24, 2.45) is 5.92 Å². The van der Waals surface area contributed by atoms with Crippen LogP contribution in [0.2, 0.25) is 0 Å². The van der Waals surface area contributed by atoms with Gasteiger partial charge < -0.3 is 15.4 Å². The Morgan fingerprint density at radius 2 is 1.83 bits per heavy atom. The SMILES string of the molecule is OC(Nc1cncc(-c2ccc3[nH]nc(-c4nc5nccc(-c6cccc(F)c6)c5[nH]4)c3c2F)c1)C1CCCCC1. The maximum atomic E-state index is 16.2. The number of H-pyrrole nitrogens is 2. The zero-order chi connectivity index (χ0) is 27.9. The van der Waals surface area contributed by atoms with E-state index in [1.807, 2.05) is 0 Å². The van der Waals surface area contributed by atoms with Crippen molar-refractivity contribution in [2.45, 2.75) is 38.3 Å². The van der Waals surface area contributed by atoms with E-state index in [0.29, 0.717) is 50.6 Å². The number of aliphatic hydroxyl groups excluding tert-OH is 1. The second-order valence-electron chi connectivity index (χ2n) is 10.5. The molecule has 4 N–H and O–H groups in total. The number of hydrogen-bond donors (Lipinski definition) is 4. The average molecular weight is 552 g/mol. The van der Waals surface area contributed by atoms with Crippen LogP contribution in [0.5, 0.6) is 0 Å². The molecule has 1 aliphatic rings. The third kappa shape index (κ3) is 4.70. The van der Waals surface area contributed by atoms with Gasteiger partial charge in [-0.3, -0.25) is 10.1 Å². The molecule has 7 rings (SSSR count). The molecular formula is C31H27F2N7O. The maximum Gasteiger partial charge on any atom is 0.178 e. The van der Waals surface area contributed by atoms with Gasteiger partial charge in [0, 0.05) is 35.0 Å². The molecule has 0 saturated heterocycles. The van der Waals surface area contributed by atoms with Gasteiger partial charge in [-0.15, -0.1) is 0 Å². The Kier molecular flexibility index (Phi) is 6.39. The number of imidazole rings is 1. The van der Waals surface area contributed by atoms with Crippen LogP contribution < -0.4 is 5.32 Å². The van der Waals surface area contributed by atoms with E-state index < -0.39 is 12.0 Å². The minimum absolute atomic E-state index is 0.189. The van der Waals surface area contributed by atoms with Gasteiger partial charge in [-0.1, -0.05) is 31.4 Å². The van der Waals surface area contributed by atoms with Crippen molar-refractivity contribution in [3.05, 3.63) is 78.8 Å². The Balaban J connectivity index is 1.26. The third-order valence-corrected chi connectivity index (χ3v) is 7.88. The van der Waals surface area contributed by atoms with E-state index in [0.717, 1.165) is 31.2 Å². The fourth-order valence-corrected chi connectivity index (χ4v) is 5.79. The number of aromatic nitrogens is 6. The fraction of sp³-hybridized carbons (Fsp3) is 0.226. The zero-order valence-electron chi connectivity index (χ0n) is 22.0. The topological polar surface area (TPSA) is 115 Å². The number of anilines is 1. The van der Waals surface area contributed by atoms with Crippen LogP contribution in [0.3, 0.4) is 0 Å². The van der Waals surface area contributed by atoms with E-state index >= 15 is 4.39 Å². The smallest absolute Gasteiger partial charge is 0.178 e. The minimum Gasteiger partial charge on any atom is -0.374 e. The van der Waals surface area contributed by atoms with E-state index in [2.05, 4.69) is 35.5 Å². The van der Waals surface area contributed by atoms with Gasteiger partial charge in [-0.25, -0.2) is 18.7 Å². The first-order chi connectivity index (χ1) is 20.0. The number of pyridine rings is 2. The summed E-state index contributed by atoms with van der Waals surface area (Å²) in [7, 11) is 0. The molecule has 1 atom stereocenters. The Morgan fingerprint density at radius 1 is 0.951 bits per heavy atom. The molecule has 4 aromatic heterocycles. The van der Waals surface area contributed by atoms with Crippen molar-refractivity contribution in [2.75, 3.05) is 5.32 Å². The molecule has 206 valence electrons. The van der Waals surface area contributed by atoms with Crippen molar-refractivity contribution >= 4 is 27.8 Å². The molecule has 0 bridgehead atoms. The van der Waals surface area contributed by atoms with E-state index in [1.165, 1.54) is 18.6 Å². The second-order valence-corrected chi connectivity index (χ2v) is 10.5. The van der Waals surface area contributed by atoms with Crippen LogP contribution >= 0.6 is 0 Å². The summed E-state index contributed by atoms with van der Waals surface area (Å²) in [5, 5.41) is 21.4. The van der Waals surface area contributed by atoms with Gasteiger partial charge in [0.05, 0.1) is 28.3 Å². The molecule has 8 nitrogen and oxygen atoms in total. The maximum absolute atomic E-state index is 16.2. The van der Waals surface area contributed by atoms with Crippen molar-refractivity contribution in [1.29, 1.82) is 0 Å². The van der Waals surface area contributed by atoms with Crippen LogP contribution in [-0.4, -0.2) is 41.5 Å². The molecule has 1 unspecified atom stereocenters. The molecule has 1 aliphatic carbocycles. The van der Waals surface area contributed by atoms with Gasteiger partial charge in [0.1, 0.15) is 23.6 Å².